The van der Waals surface area contributed by atoms with Crippen molar-refractivity contribution in [3.8, 4) is 11.1 Å². The molecule has 5 heteroatoms. The minimum absolute atomic E-state index is 0.474. The summed E-state index contributed by atoms with van der Waals surface area (Å²) < 4.78 is 10.4. The minimum atomic E-state index is -0.524. The normalized spacial score (nSPS) is 11.3. The van der Waals surface area contributed by atoms with Gasteiger partial charge in [-0.15, -0.1) is 0 Å². The van der Waals surface area contributed by atoms with Crippen LogP contribution in [0.25, 0.3) is 11.1 Å². The predicted octanol–water partition coefficient (Wildman–Crippen LogP) is 4.31. The highest BCUT2D eigenvalue weighted by molar-refractivity contribution is 5.86. The van der Waals surface area contributed by atoms with E-state index >= 15 is 0 Å². The number of ether oxygens (including phenoxy) is 1. The summed E-state index contributed by atoms with van der Waals surface area (Å²) in [4.78, 5) is 11.8. The first kappa shape index (κ1) is 15.1. The van der Waals surface area contributed by atoms with Crippen molar-refractivity contribution in [2.75, 3.05) is 5.32 Å². The van der Waals surface area contributed by atoms with E-state index in [1.165, 1.54) is 0 Å². The largest absolute Gasteiger partial charge is 0.444 e. The average Bonchev–Trinajstić information content (AvgIpc) is 2.66. The van der Waals surface area contributed by atoms with Crippen molar-refractivity contribution in [2.45, 2.75) is 40.2 Å². The van der Waals surface area contributed by atoms with Gasteiger partial charge < -0.3 is 9.26 Å². The Bertz CT molecular complexity index is 634. The van der Waals surface area contributed by atoms with Crippen molar-refractivity contribution in [3.05, 3.63) is 35.7 Å². The molecule has 112 valence electrons. The second-order valence-corrected chi connectivity index (χ2v) is 5.91. The Hall–Kier alpha value is -2.30. The number of amides is 1. The number of nitrogens with one attached hydrogen (secondary N) is 1. The molecule has 0 aliphatic rings. The molecule has 2 rings (SSSR count). The van der Waals surface area contributed by atoms with Crippen LogP contribution >= 0.6 is 0 Å². The minimum Gasteiger partial charge on any atom is -0.444 e. The molecular weight excluding hydrogens is 268 g/mol. The van der Waals surface area contributed by atoms with Crippen LogP contribution in [0.3, 0.4) is 0 Å². The Balaban J connectivity index is 2.21. The quantitative estimate of drug-likeness (QED) is 0.894. The standard InChI is InChI=1S/C16H20N2O3/c1-10-14(11(2)21-18-10)12-7-6-8-13(9-12)17-15(19)20-16(3,4)5/h6-9H,1-5H3,(H,17,19). The SMILES string of the molecule is Cc1noc(C)c1-c1cccc(NC(=O)OC(C)(C)C)c1. The van der Waals surface area contributed by atoms with E-state index in [1.807, 2.05) is 58.9 Å². The Kier molecular flexibility index (Phi) is 4.02. The lowest BCUT2D eigenvalue weighted by molar-refractivity contribution is 0.0636. The number of anilines is 1. The Labute approximate surface area is 124 Å². The number of benzene rings is 1. The molecule has 5 nitrogen and oxygen atoms in total. The van der Waals surface area contributed by atoms with Gasteiger partial charge in [0, 0.05) is 11.3 Å². The van der Waals surface area contributed by atoms with E-state index in [0.29, 0.717) is 5.69 Å². The first-order valence-corrected chi connectivity index (χ1v) is 6.79. The number of hydrogen-bond acceptors (Lipinski definition) is 4. The van der Waals surface area contributed by atoms with Crippen molar-refractivity contribution in [1.29, 1.82) is 0 Å². The van der Waals surface area contributed by atoms with Crippen molar-refractivity contribution in [1.82, 2.24) is 5.16 Å². The van der Waals surface area contributed by atoms with Crippen LogP contribution in [0.4, 0.5) is 10.5 Å². The summed E-state index contributed by atoms with van der Waals surface area (Å²) in [7, 11) is 0. The monoisotopic (exact) mass is 288 g/mol. The highest BCUT2D eigenvalue weighted by Crippen LogP contribution is 2.28. The number of nitrogens with zero attached hydrogens (tertiary/aromatic N) is 1. The topological polar surface area (TPSA) is 64.4 Å². The van der Waals surface area contributed by atoms with Gasteiger partial charge in [0.25, 0.3) is 0 Å². The van der Waals surface area contributed by atoms with Gasteiger partial charge in [0.2, 0.25) is 0 Å². The van der Waals surface area contributed by atoms with Crippen molar-refractivity contribution >= 4 is 11.8 Å². The van der Waals surface area contributed by atoms with Crippen LogP contribution in [0, 0.1) is 13.8 Å². The molecule has 0 unspecified atom stereocenters. The van der Waals surface area contributed by atoms with E-state index in [1.54, 1.807) is 0 Å². The van der Waals surface area contributed by atoms with Gasteiger partial charge in [-0.3, -0.25) is 5.32 Å². The Morgan fingerprint density at radius 3 is 2.57 bits per heavy atom. The summed E-state index contributed by atoms with van der Waals surface area (Å²) in [6.45, 7) is 9.23. The van der Waals surface area contributed by atoms with Gasteiger partial charge in [-0.25, -0.2) is 4.79 Å². The van der Waals surface area contributed by atoms with Gasteiger partial charge in [-0.05, 0) is 52.3 Å². The second-order valence-electron chi connectivity index (χ2n) is 5.91. The van der Waals surface area contributed by atoms with Crippen LogP contribution in [-0.2, 0) is 4.74 Å². The molecule has 21 heavy (non-hydrogen) atoms. The zero-order valence-electron chi connectivity index (χ0n) is 13.0. The molecule has 0 radical (unpaired) electrons. The van der Waals surface area contributed by atoms with E-state index in [-0.39, 0.29) is 0 Å². The lowest BCUT2D eigenvalue weighted by Gasteiger charge is -2.19. The summed E-state index contributed by atoms with van der Waals surface area (Å²) >= 11 is 0. The summed E-state index contributed by atoms with van der Waals surface area (Å²) in [5.41, 5.74) is 2.86. The van der Waals surface area contributed by atoms with Crippen molar-refractivity contribution < 1.29 is 14.1 Å². The van der Waals surface area contributed by atoms with Crippen LogP contribution < -0.4 is 5.32 Å². The average molecular weight is 288 g/mol. The zero-order chi connectivity index (χ0) is 15.6. The Morgan fingerprint density at radius 2 is 2.00 bits per heavy atom. The number of rotatable bonds is 2. The molecular formula is C16H20N2O3. The molecule has 0 saturated heterocycles. The van der Waals surface area contributed by atoms with Crippen LogP contribution in [0.2, 0.25) is 0 Å². The van der Waals surface area contributed by atoms with Gasteiger partial charge in [0.1, 0.15) is 11.4 Å². The fourth-order valence-corrected chi connectivity index (χ4v) is 2.07. The van der Waals surface area contributed by atoms with Gasteiger partial charge in [0.15, 0.2) is 0 Å². The van der Waals surface area contributed by atoms with Crippen molar-refractivity contribution in [2.24, 2.45) is 0 Å². The van der Waals surface area contributed by atoms with Crippen LogP contribution in [0.1, 0.15) is 32.2 Å². The maximum Gasteiger partial charge on any atom is 0.412 e. The molecule has 0 aliphatic heterocycles. The van der Waals surface area contributed by atoms with E-state index in [4.69, 9.17) is 9.26 Å². The first-order valence-electron chi connectivity index (χ1n) is 6.79. The predicted molar refractivity (Wildman–Crippen MR) is 81.3 cm³/mol. The van der Waals surface area contributed by atoms with Gasteiger partial charge in [0.05, 0.1) is 5.69 Å². The molecule has 0 saturated carbocycles. The number of aryl methyl sites for hydroxylation is 2. The Morgan fingerprint density at radius 1 is 1.29 bits per heavy atom. The van der Waals surface area contributed by atoms with Crippen LogP contribution in [0.5, 0.6) is 0 Å². The van der Waals surface area contributed by atoms with Gasteiger partial charge in [-0.2, -0.15) is 0 Å². The molecule has 1 aromatic heterocycles. The third kappa shape index (κ3) is 3.84. The lowest BCUT2D eigenvalue weighted by atomic mass is 10.0. The van der Waals surface area contributed by atoms with E-state index in [0.717, 1.165) is 22.6 Å². The molecule has 0 aliphatic carbocycles. The first-order chi connectivity index (χ1) is 9.76. The fraction of sp³-hybridized carbons (Fsp3) is 0.375. The molecule has 1 N–H and O–H groups in total. The highest BCUT2D eigenvalue weighted by Gasteiger charge is 2.17. The van der Waals surface area contributed by atoms with E-state index in [2.05, 4.69) is 10.5 Å². The third-order valence-electron chi connectivity index (χ3n) is 2.83. The molecule has 0 atom stereocenters. The summed E-state index contributed by atoms with van der Waals surface area (Å²) in [6, 6.07) is 7.50. The summed E-state index contributed by atoms with van der Waals surface area (Å²) in [5, 5.41) is 6.67. The smallest absolute Gasteiger partial charge is 0.412 e. The number of carbonyl (C=O) groups is 1. The third-order valence-corrected chi connectivity index (χ3v) is 2.83. The van der Waals surface area contributed by atoms with Crippen LogP contribution in [-0.4, -0.2) is 16.9 Å². The van der Waals surface area contributed by atoms with Crippen molar-refractivity contribution in [3.63, 3.8) is 0 Å². The lowest BCUT2D eigenvalue weighted by Crippen LogP contribution is -2.27. The number of hydrogen-bond donors (Lipinski definition) is 1. The number of carbonyl (C=O) groups excluding carboxylic acids is 1. The summed E-state index contributed by atoms with van der Waals surface area (Å²) in [6.07, 6.45) is -0.474. The van der Waals surface area contributed by atoms with E-state index in [9.17, 15) is 4.79 Å². The maximum atomic E-state index is 11.8. The molecule has 2 aromatic rings. The molecule has 0 bridgehead atoms. The molecule has 1 amide bonds. The molecule has 0 fully saturated rings. The maximum absolute atomic E-state index is 11.8. The fourth-order valence-electron chi connectivity index (χ4n) is 2.07. The highest BCUT2D eigenvalue weighted by atomic mass is 16.6. The van der Waals surface area contributed by atoms with Gasteiger partial charge >= 0.3 is 6.09 Å². The molecule has 0 spiro atoms. The second kappa shape index (κ2) is 5.60. The zero-order valence-corrected chi connectivity index (χ0v) is 13.0. The van der Waals surface area contributed by atoms with Crippen LogP contribution in [0.15, 0.2) is 28.8 Å². The summed E-state index contributed by atoms with van der Waals surface area (Å²) in [5.74, 6) is 0.752. The number of aromatic nitrogens is 1. The molecule has 1 aromatic carbocycles. The molecule has 1 heterocycles. The van der Waals surface area contributed by atoms with E-state index < -0.39 is 11.7 Å². The van der Waals surface area contributed by atoms with Gasteiger partial charge in [-0.1, -0.05) is 17.3 Å².